The van der Waals surface area contributed by atoms with E-state index in [1.807, 2.05) is 6.92 Å². The lowest BCUT2D eigenvalue weighted by atomic mass is 10.3. The van der Waals surface area contributed by atoms with Crippen molar-refractivity contribution in [1.29, 1.82) is 5.53 Å². The Morgan fingerprint density at radius 1 is 1.71 bits per heavy atom. The molecule has 1 rings (SSSR count). The van der Waals surface area contributed by atoms with Gasteiger partial charge in [0.25, 0.3) is 5.71 Å². The maximum atomic E-state index is 11.3. The fourth-order valence-electron chi connectivity index (χ4n) is 0.864. The molecule has 0 atom stereocenters. The summed E-state index contributed by atoms with van der Waals surface area (Å²) in [5.74, 6) is -0.562. The van der Waals surface area contributed by atoms with Crippen LogP contribution in [0.4, 0.5) is 0 Å². The van der Waals surface area contributed by atoms with Crippen LogP contribution in [0.2, 0.25) is 0 Å². The van der Waals surface area contributed by atoms with Gasteiger partial charge in [-0.2, -0.15) is 4.99 Å². The molecule has 1 N–H and O–H groups in total. The zero-order valence-electron chi connectivity index (χ0n) is 7.86. The van der Waals surface area contributed by atoms with E-state index in [0.29, 0.717) is 6.61 Å². The molecular weight excluding hydrogens is 184 g/mol. The molecule has 0 bridgehead atoms. The minimum absolute atomic E-state index is 0.00602. The Labute approximate surface area is 80.9 Å². The number of rotatable bonds is 4. The highest BCUT2D eigenvalue weighted by Crippen LogP contribution is 1.96. The first-order valence-electron chi connectivity index (χ1n) is 4.31. The lowest BCUT2D eigenvalue weighted by Gasteiger charge is -1.99. The van der Waals surface area contributed by atoms with E-state index >= 15 is 0 Å². The summed E-state index contributed by atoms with van der Waals surface area (Å²) in [5.41, 5.74) is 6.73. The summed E-state index contributed by atoms with van der Waals surface area (Å²) in [6.45, 7) is 2.36. The second-order valence-corrected chi connectivity index (χ2v) is 2.65. The van der Waals surface area contributed by atoms with Crippen LogP contribution in [0, 0.1) is 5.53 Å². The zero-order valence-corrected chi connectivity index (χ0v) is 7.86. The minimum atomic E-state index is -0.568. The van der Waals surface area contributed by atoms with Gasteiger partial charge in [-0.05, 0) is 16.9 Å². The lowest BCUT2D eigenvalue weighted by molar-refractivity contribution is -0.136. The van der Waals surface area contributed by atoms with E-state index in [-0.39, 0.29) is 11.5 Å². The van der Waals surface area contributed by atoms with Crippen molar-refractivity contribution < 1.29 is 14.3 Å². The Bertz CT molecular complexity index is 339. The second kappa shape index (κ2) is 5.04. The molecule has 0 fully saturated rings. The van der Waals surface area contributed by atoms with Gasteiger partial charge in [-0.3, -0.25) is 0 Å². The predicted octanol–water partition coefficient (Wildman–Crippen LogP) is 0.450. The third-order valence-corrected chi connectivity index (χ3v) is 1.61. The average Bonchev–Trinajstić information content (AvgIpc) is 2.65. The summed E-state index contributed by atoms with van der Waals surface area (Å²) in [4.78, 5) is 21.6. The number of hydrogen-bond acceptors (Lipinski definition) is 4. The number of ether oxygens (including phenoxy) is 1. The quantitative estimate of drug-likeness (QED) is 0.305. The number of aliphatic imine (C=N–C) groups is 2. The molecule has 0 radical (unpaired) electrons. The number of nitrogens with zero attached hydrogens (tertiary/aromatic N) is 3. The van der Waals surface area contributed by atoms with Crippen molar-refractivity contribution in [1.82, 2.24) is 0 Å². The molecule has 6 heteroatoms. The first-order valence-corrected chi connectivity index (χ1v) is 4.31. The van der Waals surface area contributed by atoms with Gasteiger partial charge >= 0.3 is 11.8 Å². The van der Waals surface area contributed by atoms with Crippen molar-refractivity contribution in [2.45, 2.75) is 19.8 Å². The molecule has 0 amide bonds. The first-order chi connectivity index (χ1) is 6.79. The van der Waals surface area contributed by atoms with Crippen LogP contribution in [0.25, 0.3) is 0 Å². The lowest BCUT2D eigenvalue weighted by Crippen LogP contribution is -2.24. The van der Waals surface area contributed by atoms with Crippen LogP contribution in [0.3, 0.4) is 0 Å². The molecule has 0 unspecified atom stereocenters. The molecule has 0 spiro atoms. The number of amidine groups is 1. The average molecular weight is 195 g/mol. The van der Waals surface area contributed by atoms with E-state index < -0.39 is 5.97 Å². The summed E-state index contributed by atoms with van der Waals surface area (Å²) in [6, 6.07) is 0. The topological polar surface area (TPSA) is 89.0 Å². The van der Waals surface area contributed by atoms with Crippen molar-refractivity contribution in [2.75, 3.05) is 6.61 Å². The largest absolute Gasteiger partial charge is 0.480 e. The molecule has 0 aromatic heterocycles. The van der Waals surface area contributed by atoms with E-state index in [1.54, 1.807) is 0 Å². The monoisotopic (exact) mass is 195 g/mol. The van der Waals surface area contributed by atoms with Crippen molar-refractivity contribution in [3.63, 3.8) is 0 Å². The summed E-state index contributed by atoms with van der Waals surface area (Å²) in [5, 5.41) is 0. The van der Waals surface area contributed by atoms with Gasteiger partial charge in [0.1, 0.15) is 0 Å². The second-order valence-electron chi connectivity index (χ2n) is 2.65. The van der Waals surface area contributed by atoms with Crippen LogP contribution in [0.5, 0.6) is 0 Å². The molecule has 0 aliphatic carbocycles. The highest BCUT2D eigenvalue weighted by molar-refractivity contribution is 6.66. The number of unbranched alkanes of at least 4 members (excludes halogenated alkanes) is 1. The number of hydrogen-bond donors (Lipinski definition) is 1. The van der Waals surface area contributed by atoms with E-state index in [0.717, 1.165) is 12.8 Å². The molecule has 1 aliphatic heterocycles. The fourth-order valence-corrected chi connectivity index (χ4v) is 0.864. The van der Waals surface area contributed by atoms with Gasteiger partial charge in [-0.15, -0.1) is 0 Å². The zero-order chi connectivity index (χ0) is 10.4. The fraction of sp³-hybridized carbons (Fsp3) is 0.500. The predicted molar refractivity (Wildman–Crippen MR) is 49.8 cm³/mol. The molecule has 0 saturated carbocycles. The van der Waals surface area contributed by atoms with Gasteiger partial charge in [-0.1, -0.05) is 18.1 Å². The number of esters is 1. The molecule has 14 heavy (non-hydrogen) atoms. The normalized spacial score (nSPS) is 13.8. The minimum Gasteiger partial charge on any atom is -0.461 e. The first kappa shape index (κ1) is 10.3. The summed E-state index contributed by atoms with van der Waals surface area (Å²) in [6.07, 6.45) is 2.95. The van der Waals surface area contributed by atoms with E-state index in [4.69, 9.17) is 10.3 Å². The summed E-state index contributed by atoms with van der Waals surface area (Å²) >= 11 is 0. The van der Waals surface area contributed by atoms with E-state index in [9.17, 15) is 4.79 Å². The Morgan fingerprint density at radius 3 is 3.14 bits per heavy atom. The molecule has 0 aromatic rings. The van der Waals surface area contributed by atoms with Gasteiger partial charge in [-0.25, -0.2) is 4.79 Å². The summed E-state index contributed by atoms with van der Waals surface area (Å²) in [7, 11) is 0. The van der Waals surface area contributed by atoms with Gasteiger partial charge in [0.2, 0.25) is 6.34 Å². The van der Waals surface area contributed by atoms with Crippen LogP contribution in [0.15, 0.2) is 9.98 Å². The SMILES string of the molecule is CCCCOC(=O)C1=NC=NC1=[N+]=N. The molecule has 0 aromatic carbocycles. The van der Waals surface area contributed by atoms with Crippen LogP contribution < -0.4 is 0 Å². The number of carbonyl (C=O) groups excluding carboxylic acids is 1. The van der Waals surface area contributed by atoms with Crippen LogP contribution >= 0.6 is 0 Å². The maximum Gasteiger partial charge on any atom is 0.480 e. The molecule has 74 valence electrons. The Hall–Kier alpha value is -1.81. The van der Waals surface area contributed by atoms with Crippen molar-refractivity contribution in [3.8, 4) is 0 Å². The molecular formula is C8H11N4O2+. The van der Waals surface area contributed by atoms with Gasteiger partial charge < -0.3 is 4.74 Å². The van der Waals surface area contributed by atoms with E-state index in [1.165, 1.54) is 6.34 Å². The van der Waals surface area contributed by atoms with Gasteiger partial charge in [0.05, 0.1) is 6.61 Å². The Morgan fingerprint density at radius 2 is 2.50 bits per heavy atom. The molecule has 1 heterocycles. The van der Waals surface area contributed by atoms with Crippen molar-refractivity contribution >= 4 is 23.9 Å². The van der Waals surface area contributed by atoms with Crippen molar-refractivity contribution in [3.05, 3.63) is 0 Å². The molecule has 0 saturated heterocycles. The van der Waals surface area contributed by atoms with Gasteiger partial charge in [0.15, 0.2) is 0 Å². The Kier molecular flexibility index (Phi) is 3.69. The van der Waals surface area contributed by atoms with Crippen LogP contribution in [0.1, 0.15) is 19.8 Å². The molecule has 6 nitrogen and oxygen atoms in total. The van der Waals surface area contributed by atoms with Crippen LogP contribution in [-0.4, -0.2) is 35.3 Å². The highest BCUT2D eigenvalue weighted by atomic mass is 16.5. The third kappa shape index (κ3) is 2.34. The third-order valence-electron chi connectivity index (χ3n) is 1.61. The van der Waals surface area contributed by atoms with Crippen LogP contribution in [-0.2, 0) is 9.53 Å². The van der Waals surface area contributed by atoms with Gasteiger partial charge in [0, 0.05) is 0 Å². The number of carbonyl (C=O) groups is 1. The Balaban J connectivity index is 2.51. The van der Waals surface area contributed by atoms with E-state index in [2.05, 4.69) is 14.8 Å². The smallest absolute Gasteiger partial charge is 0.461 e. The van der Waals surface area contributed by atoms with Crippen molar-refractivity contribution in [2.24, 2.45) is 9.98 Å². The summed E-state index contributed by atoms with van der Waals surface area (Å²) < 4.78 is 4.88. The standard InChI is InChI=1S/C8H11N4O2/c1-2-3-4-14-8(13)6-7(12-9)11-5-10-6/h5,9H,2-4H2,1H3/q+1. The highest BCUT2D eigenvalue weighted by Gasteiger charge is 2.32. The number of nitrogens with one attached hydrogen (secondary N) is 1. The maximum absolute atomic E-state index is 11.3. The molecule has 1 aliphatic rings.